The van der Waals surface area contributed by atoms with Crippen LogP contribution in [0.15, 0.2) is 29.3 Å². The van der Waals surface area contributed by atoms with Crippen LogP contribution in [0.25, 0.3) is 0 Å². The Hall–Kier alpha value is -4.17. The van der Waals surface area contributed by atoms with Crippen molar-refractivity contribution in [3.63, 3.8) is 0 Å². The van der Waals surface area contributed by atoms with Crippen LogP contribution in [0.2, 0.25) is 5.02 Å². The smallest absolute Gasteiger partial charge is 0.354 e. The maximum absolute atomic E-state index is 14.2. The van der Waals surface area contributed by atoms with Crippen molar-refractivity contribution in [1.82, 2.24) is 0 Å². The second-order valence-corrected chi connectivity index (χ2v) is 10.0. The SMILES string of the molecule is COC(=O)C[C@@H]1N=C(c2ccc(Cl)cc2)c2c(sc(C(=O)Oc3c(F)c(F)c(F)c(F)c3F)c2C)N(C(C)=N)C1=N. The molecule has 214 valence electrons. The Morgan fingerprint density at radius 2 is 1.61 bits per heavy atom. The number of benzene rings is 2. The first kappa shape index (κ1) is 29.8. The van der Waals surface area contributed by atoms with Crippen molar-refractivity contribution in [3.05, 3.63) is 79.9 Å². The first-order valence-corrected chi connectivity index (χ1v) is 12.7. The molecule has 0 fully saturated rings. The molecule has 8 nitrogen and oxygen atoms in total. The largest absolute Gasteiger partial charge is 0.469 e. The third-order valence-corrected chi connectivity index (χ3v) is 7.51. The number of rotatable bonds is 5. The third-order valence-electron chi connectivity index (χ3n) is 6.00. The molecule has 41 heavy (non-hydrogen) atoms. The number of nitrogens with zero attached hydrogens (tertiary/aromatic N) is 2. The Kier molecular flexibility index (Phi) is 8.27. The van der Waals surface area contributed by atoms with Gasteiger partial charge in [-0.25, -0.2) is 18.0 Å². The van der Waals surface area contributed by atoms with Crippen LogP contribution < -0.4 is 9.64 Å². The van der Waals surface area contributed by atoms with E-state index in [-0.39, 0.29) is 44.8 Å². The van der Waals surface area contributed by atoms with Crippen molar-refractivity contribution in [2.75, 3.05) is 12.0 Å². The maximum Gasteiger partial charge on any atom is 0.354 e. The van der Waals surface area contributed by atoms with Crippen molar-refractivity contribution in [2.24, 2.45) is 4.99 Å². The van der Waals surface area contributed by atoms with Crippen molar-refractivity contribution < 1.29 is 41.0 Å². The first-order chi connectivity index (χ1) is 19.3. The lowest BCUT2D eigenvalue weighted by atomic mass is 9.99. The third kappa shape index (κ3) is 5.32. The van der Waals surface area contributed by atoms with E-state index in [1.165, 1.54) is 13.8 Å². The number of carbonyl (C=O) groups excluding carboxylic acids is 2. The summed E-state index contributed by atoms with van der Waals surface area (Å²) in [7, 11) is 1.16. The molecule has 3 aromatic rings. The van der Waals surface area contributed by atoms with Gasteiger partial charge in [0.2, 0.25) is 34.8 Å². The number of thiophene rings is 1. The van der Waals surface area contributed by atoms with Crippen LogP contribution in [0.1, 0.15) is 39.7 Å². The fourth-order valence-electron chi connectivity index (χ4n) is 4.03. The van der Waals surface area contributed by atoms with Gasteiger partial charge in [-0.15, -0.1) is 11.3 Å². The standard InChI is InChI=1S/C26H18ClF5N4O4S/c1-9-15-21(11-4-6-12(27)7-5-11)35-13(8-14(37)39-3)24(34)36(10(2)33)25(15)41-23(9)26(38)40-22-19(31)17(29)16(28)18(30)20(22)32/h4-7,13,33-34H,8H2,1-3H3/t13-/m0/s1. The number of amidine groups is 2. The van der Waals surface area contributed by atoms with Crippen LogP contribution in [0, 0.1) is 46.8 Å². The summed E-state index contributed by atoms with van der Waals surface area (Å²) in [6.07, 6.45) is -0.362. The average Bonchev–Trinajstić information content (AvgIpc) is 3.21. The predicted molar refractivity (Wildman–Crippen MR) is 141 cm³/mol. The van der Waals surface area contributed by atoms with Gasteiger partial charge in [0.15, 0.2) is 0 Å². The van der Waals surface area contributed by atoms with E-state index in [1.807, 2.05) is 0 Å². The van der Waals surface area contributed by atoms with Gasteiger partial charge in [-0.05, 0) is 31.5 Å². The molecule has 1 aliphatic heterocycles. The van der Waals surface area contributed by atoms with E-state index in [4.69, 9.17) is 27.2 Å². The molecule has 0 radical (unpaired) electrons. The number of esters is 2. The molecular formula is C26H18ClF5N4O4S. The molecule has 0 unspecified atom stereocenters. The average molecular weight is 613 g/mol. The second kappa shape index (κ2) is 11.4. The summed E-state index contributed by atoms with van der Waals surface area (Å²) in [5, 5.41) is 17.6. The molecule has 2 N–H and O–H groups in total. The highest BCUT2D eigenvalue weighted by Gasteiger charge is 2.37. The Bertz CT molecular complexity index is 1630. The molecule has 1 aliphatic rings. The van der Waals surface area contributed by atoms with E-state index in [9.17, 15) is 31.5 Å². The lowest BCUT2D eigenvalue weighted by molar-refractivity contribution is -0.140. The van der Waals surface area contributed by atoms with Gasteiger partial charge < -0.3 is 9.47 Å². The first-order valence-electron chi connectivity index (χ1n) is 11.5. The van der Waals surface area contributed by atoms with Crippen molar-refractivity contribution in [1.29, 1.82) is 10.8 Å². The Labute approximate surface area is 238 Å². The Balaban J connectivity index is 1.93. The van der Waals surface area contributed by atoms with Crippen LogP contribution in [0.5, 0.6) is 5.75 Å². The normalized spacial score (nSPS) is 14.8. The zero-order valence-electron chi connectivity index (χ0n) is 21.3. The molecule has 2 heterocycles. The van der Waals surface area contributed by atoms with E-state index in [0.29, 0.717) is 21.9 Å². The van der Waals surface area contributed by atoms with Crippen molar-refractivity contribution in [2.45, 2.75) is 26.3 Å². The number of fused-ring (bicyclic) bond motifs is 1. The number of ether oxygens (including phenoxy) is 2. The summed E-state index contributed by atoms with van der Waals surface area (Å²) < 4.78 is 78.8. The second-order valence-electron chi connectivity index (χ2n) is 8.61. The number of aliphatic imine (C=N–C) groups is 1. The van der Waals surface area contributed by atoms with Gasteiger partial charge in [-0.2, -0.15) is 8.78 Å². The summed E-state index contributed by atoms with van der Waals surface area (Å²) in [6, 6.07) is 5.13. The fraction of sp³-hybridized carbons (Fsp3) is 0.192. The molecule has 0 aliphatic carbocycles. The summed E-state index contributed by atoms with van der Waals surface area (Å²) in [6.45, 7) is 2.75. The zero-order chi connectivity index (χ0) is 30.3. The minimum absolute atomic E-state index is 0.0884. The van der Waals surface area contributed by atoms with E-state index in [0.717, 1.165) is 12.0 Å². The number of carbonyl (C=O) groups is 2. The van der Waals surface area contributed by atoms with Gasteiger partial charge in [-0.3, -0.25) is 25.5 Å². The van der Waals surface area contributed by atoms with E-state index in [1.54, 1.807) is 24.3 Å². The molecule has 0 saturated heterocycles. The van der Waals surface area contributed by atoms with Crippen molar-refractivity contribution in [3.8, 4) is 5.75 Å². The number of nitrogens with one attached hydrogen (secondary N) is 2. The molecular weight excluding hydrogens is 595 g/mol. The lowest BCUT2D eigenvalue weighted by Crippen LogP contribution is -2.40. The van der Waals surface area contributed by atoms with Gasteiger partial charge in [0, 0.05) is 16.1 Å². The molecule has 4 rings (SSSR count). The van der Waals surface area contributed by atoms with E-state index < -0.39 is 52.8 Å². The molecule has 1 atom stereocenters. The summed E-state index contributed by atoms with van der Waals surface area (Å²) in [4.78, 5) is 30.6. The topological polar surface area (TPSA) is 116 Å². The zero-order valence-corrected chi connectivity index (χ0v) is 22.9. The van der Waals surface area contributed by atoms with Crippen LogP contribution in [-0.2, 0) is 9.53 Å². The number of halogens is 6. The Morgan fingerprint density at radius 1 is 1.05 bits per heavy atom. The molecule has 0 spiro atoms. The summed E-state index contributed by atoms with van der Waals surface area (Å²) in [5.41, 5.74) is 0.905. The number of hydrogen-bond donors (Lipinski definition) is 2. The van der Waals surface area contributed by atoms with Gasteiger partial charge >= 0.3 is 11.9 Å². The monoisotopic (exact) mass is 612 g/mol. The number of methoxy groups -OCH3 is 1. The van der Waals surface area contributed by atoms with Crippen LogP contribution in [0.4, 0.5) is 27.0 Å². The molecule has 15 heteroatoms. The molecule has 0 saturated carbocycles. The Morgan fingerprint density at radius 3 is 2.15 bits per heavy atom. The van der Waals surface area contributed by atoms with Crippen LogP contribution in [-0.4, -0.2) is 42.5 Å². The molecule has 0 amide bonds. The number of anilines is 1. The molecule has 2 aromatic carbocycles. The highest BCUT2D eigenvalue weighted by molar-refractivity contribution is 7.19. The quantitative estimate of drug-likeness (QED) is 0.0678. The predicted octanol–water partition coefficient (Wildman–Crippen LogP) is 6.19. The van der Waals surface area contributed by atoms with Crippen LogP contribution in [0.3, 0.4) is 0 Å². The number of hydrogen-bond acceptors (Lipinski definition) is 8. The van der Waals surface area contributed by atoms with Gasteiger partial charge in [-0.1, -0.05) is 23.7 Å². The molecule has 0 bridgehead atoms. The minimum Gasteiger partial charge on any atom is -0.469 e. The van der Waals surface area contributed by atoms with E-state index in [2.05, 4.69) is 9.73 Å². The summed E-state index contributed by atoms with van der Waals surface area (Å²) in [5.74, 6) is -16.1. The maximum atomic E-state index is 14.2. The van der Waals surface area contributed by atoms with E-state index >= 15 is 0 Å². The minimum atomic E-state index is -2.42. The fourth-order valence-corrected chi connectivity index (χ4v) is 5.40. The highest BCUT2D eigenvalue weighted by atomic mass is 35.5. The molecule has 1 aromatic heterocycles. The van der Waals surface area contributed by atoms with Gasteiger partial charge in [0.1, 0.15) is 27.6 Å². The van der Waals surface area contributed by atoms with Gasteiger partial charge in [0.05, 0.1) is 19.2 Å². The van der Waals surface area contributed by atoms with Crippen LogP contribution >= 0.6 is 22.9 Å². The van der Waals surface area contributed by atoms with Crippen molar-refractivity contribution >= 4 is 57.3 Å². The van der Waals surface area contributed by atoms with Gasteiger partial charge in [0.25, 0.3) is 0 Å². The summed E-state index contributed by atoms with van der Waals surface area (Å²) >= 11 is 6.66. The highest BCUT2D eigenvalue weighted by Crippen LogP contribution is 2.41. The lowest BCUT2D eigenvalue weighted by Gasteiger charge is -2.24.